The van der Waals surface area contributed by atoms with Gasteiger partial charge in [0.15, 0.2) is 0 Å². The first-order chi connectivity index (χ1) is 9.19. The zero-order valence-corrected chi connectivity index (χ0v) is 10.6. The van der Waals surface area contributed by atoms with Crippen molar-refractivity contribution in [3.05, 3.63) is 53.7 Å². The van der Waals surface area contributed by atoms with Crippen LogP contribution in [0.15, 0.2) is 42.6 Å². The van der Waals surface area contributed by atoms with E-state index in [0.29, 0.717) is 17.2 Å². The first-order valence-electron chi connectivity index (χ1n) is 5.86. The van der Waals surface area contributed by atoms with Crippen LogP contribution in [0.3, 0.4) is 0 Å². The first-order valence-corrected chi connectivity index (χ1v) is 5.86. The maximum atomic E-state index is 11.1. The number of pyridine rings is 1. The summed E-state index contributed by atoms with van der Waals surface area (Å²) in [4.78, 5) is 15.1. The van der Waals surface area contributed by atoms with E-state index in [4.69, 9.17) is 10.5 Å². The molecule has 0 aliphatic heterocycles. The van der Waals surface area contributed by atoms with Crippen LogP contribution in [0.25, 0.3) is 0 Å². The smallest absolute Gasteiger partial charge is 0.248 e. The molecule has 19 heavy (non-hydrogen) atoms. The van der Waals surface area contributed by atoms with Gasteiger partial charge in [-0.05, 0) is 30.8 Å². The van der Waals surface area contributed by atoms with E-state index < -0.39 is 5.91 Å². The fraction of sp³-hybridized carbons (Fsp3) is 0.143. The van der Waals surface area contributed by atoms with Crippen molar-refractivity contribution in [3.8, 4) is 11.6 Å². The van der Waals surface area contributed by atoms with Crippen molar-refractivity contribution >= 4 is 5.91 Å². The van der Waals surface area contributed by atoms with Gasteiger partial charge >= 0.3 is 0 Å². The van der Waals surface area contributed by atoms with Crippen LogP contribution in [-0.2, 0) is 6.54 Å². The maximum absolute atomic E-state index is 11.1. The summed E-state index contributed by atoms with van der Waals surface area (Å²) in [6, 6.07) is 10.7. The normalized spacial score (nSPS) is 10.2. The molecule has 1 aromatic heterocycles. The predicted molar refractivity (Wildman–Crippen MR) is 72.0 cm³/mol. The van der Waals surface area contributed by atoms with Crippen LogP contribution in [-0.4, -0.2) is 17.9 Å². The Morgan fingerprint density at radius 3 is 2.68 bits per heavy atom. The van der Waals surface area contributed by atoms with Gasteiger partial charge in [0.1, 0.15) is 5.75 Å². The number of nitrogens with two attached hydrogens (primary N) is 1. The summed E-state index contributed by atoms with van der Waals surface area (Å²) in [7, 11) is 1.89. The van der Waals surface area contributed by atoms with Gasteiger partial charge in [-0.1, -0.05) is 12.1 Å². The largest absolute Gasteiger partial charge is 0.439 e. The lowest BCUT2D eigenvalue weighted by Crippen LogP contribution is -2.10. The molecule has 0 atom stereocenters. The zero-order valence-electron chi connectivity index (χ0n) is 10.6. The number of nitrogens with one attached hydrogen (secondary N) is 1. The van der Waals surface area contributed by atoms with E-state index >= 15 is 0 Å². The summed E-state index contributed by atoms with van der Waals surface area (Å²) < 4.78 is 5.56. The summed E-state index contributed by atoms with van der Waals surface area (Å²) in [6.45, 7) is 0.801. The Labute approximate surface area is 111 Å². The third-order valence-electron chi connectivity index (χ3n) is 2.55. The minimum absolute atomic E-state index is 0.345. The number of ether oxygens (including phenoxy) is 1. The Morgan fingerprint density at radius 2 is 2.05 bits per heavy atom. The molecule has 0 radical (unpaired) electrons. The van der Waals surface area contributed by atoms with Crippen molar-refractivity contribution < 1.29 is 9.53 Å². The second-order valence-electron chi connectivity index (χ2n) is 4.02. The van der Waals surface area contributed by atoms with Gasteiger partial charge < -0.3 is 15.8 Å². The molecule has 0 aliphatic carbocycles. The van der Waals surface area contributed by atoms with E-state index in [2.05, 4.69) is 10.3 Å². The molecule has 0 spiro atoms. The van der Waals surface area contributed by atoms with Crippen LogP contribution in [0.4, 0.5) is 0 Å². The van der Waals surface area contributed by atoms with E-state index in [1.807, 2.05) is 31.3 Å². The molecule has 98 valence electrons. The number of nitrogens with zero attached hydrogens (tertiary/aromatic N) is 1. The van der Waals surface area contributed by atoms with Gasteiger partial charge in [-0.15, -0.1) is 0 Å². The van der Waals surface area contributed by atoms with Gasteiger partial charge in [-0.3, -0.25) is 4.79 Å². The second-order valence-corrected chi connectivity index (χ2v) is 4.02. The molecule has 5 nitrogen and oxygen atoms in total. The molecule has 2 aromatic rings. The van der Waals surface area contributed by atoms with Gasteiger partial charge in [0.05, 0.1) is 0 Å². The highest BCUT2D eigenvalue weighted by atomic mass is 16.5. The van der Waals surface area contributed by atoms with Gasteiger partial charge in [0.25, 0.3) is 0 Å². The van der Waals surface area contributed by atoms with Crippen molar-refractivity contribution in [3.63, 3.8) is 0 Å². The topological polar surface area (TPSA) is 77.2 Å². The van der Waals surface area contributed by atoms with Crippen LogP contribution in [0, 0.1) is 0 Å². The number of amides is 1. The van der Waals surface area contributed by atoms with Crippen molar-refractivity contribution in [2.24, 2.45) is 5.73 Å². The Hall–Kier alpha value is -2.40. The molecule has 0 bridgehead atoms. The molecule has 0 saturated carbocycles. The monoisotopic (exact) mass is 257 g/mol. The van der Waals surface area contributed by atoms with Crippen LogP contribution in [0.5, 0.6) is 11.6 Å². The van der Waals surface area contributed by atoms with Crippen LogP contribution >= 0.6 is 0 Å². The van der Waals surface area contributed by atoms with Gasteiger partial charge in [0.2, 0.25) is 11.8 Å². The minimum Gasteiger partial charge on any atom is -0.439 e. The third-order valence-corrected chi connectivity index (χ3v) is 2.55. The van der Waals surface area contributed by atoms with Crippen molar-refractivity contribution in [2.75, 3.05) is 7.05 Å². The molecule has 0 fully saturated rings. The number of carbonyl (C=O) groups is 1. The molecule has 1 aromatic carbocycles. The molecule has 0 saturated heterocycles. The molecule has 1 amide bonds. The lowest BCUT2D eigenvalue weighted by molar-refractivity contribution is 0.1000. The van der Waals surface area contributed by atoms with Gasteiger partial charge in [-0.25, -0.2) is 4.98 Å². The van der Waals surface area contributed by atoms with E-state index in [9.17, 15) is 4.79 Å². The average Bonchev–Trinajstić information content (AvgIpc) is 2.42. The van der Waals surface area contributed by atoms with E-state index in [1.54, 1.807) is 6.07 Å². The van der Waals surface area contributed by atoms with E-state index in [0.717, 1.165) is 12.1 Å². The number of carbonyl (C=O) groups excluding carboxylic acids is 1. The Morgan fingerprint density at radius 1 is 1.32 bits per heavy atom. The molecule has 0 aliphatic rings. The quantitative estimate of drug-likeness (QED) is 0.854. The van der Waals surface area contributed by atoms with Crippen LogP contribution in [0.2, 0.25) is 0 Å². The number of primary amides is 1. The van der Waals surface area contributed by atoms with Crippen molar-refractivity contribution in [1.82, 2.24) is 10.3 Å². The molecule has 1 heterocycles. The predicted octanol–water partition coefficient (Wildman–Crippen LogP) is 1.69. The van der Waals surface area contributed by atoms with E-state index in [1.165, 1.54) is 12.3 Å². The second kappa shape index (κ2) is 5.97. The molecule has 5 heteroatoms. The number of hydrogen-bond acceptors (Lipinski definition) is 4. The van der Waals surface area contributed by atoms with Crippen molar-refractivity contribution in [1.29, 1.82) is 0 Å². The maximum Gasteiger partial charge on any atom is 0.248 e. The summed E-state index contributed by atoms with van der Waals surface area (Å²) in [6.07, 6.45) is 1.49. The fourth-order valence-corrected chi connectivity index (χ4v) is 1.62. The molecular formula is C14H15N3O2. The summed E-state index contributed by atoms with van der Waals surface area (Å²) in [5.74, 6) is 0.503. The van der Waals surface area contributed by atoms with Crippen LogP contribution < -0.4 is 15.8 Å². The summed E-state index contributed by atoms with van der Waals surface area (Å²) in [5.41, 5.74) is 6.73. The van der Waals surface area contributed by atoms with Gasteiger partial charge in [-0.2, -0.15) is 0 Å². The van der Waals surface area contributed by atoms with Gasteiger partial charge in [0, 0.05) is 24.4 Å². The highest BCUT2D eigenvalue weighted by Crippen LogP contribution is 2.20. The molecule has 3 N–H and O–H groups in total. The van der Waals surface area contributed by atoms with Crippen molar-refractivity contribution in [2.45, 2.75) is 6.54 Å². The average molecular weight is 257 g/mol. The molecule has 2 rings (SSSR count). The Bertz CT molecular complexity index is 567. The number of aromatic nitrogens is 1. The lowest BCUT2D eigenvalue weighted by atomic mass is 10.2. The minimum atomic E-state index is -0.503. The third kappa shape index (κ3) is 3.53. The Kier molecular flexibility index (Phi) is 4.10. The summed E-state index contributed by atoms with van der Waals surface area (Å²) >= 11 is 0. The standard InChI is InChI=1S/C14H15N3O2/c1-16-9-10-2-4-12(5-3-10)19-13-8-11(14(15)18)6-7-17-13/h2-8,16H,9H2,1H3,(H2,15,18). The Balaban J connectivity index is 2.12. The first kappa shape index (κ1) is 13.0. The molecular weight excluding hydrogens is 242 g/mol. The zero-order chi connectivity index (χ0) is 13.7. The fourth-order valence-electron chi connectivity index (χ4n) is 1.62. The van der Waals surface area contributed by atoms with E-state index in [-0.39, 0.29) is 0 Å². The number of hydrogen-bond donors (Lipinski definition) is 2. The van der Waals surface area contributed by atoms with Crippen LogP contribution in [0.1, 0.15) is 15.9 Å². The SMILES string of the molecule is CNCc1ccc(Oc2cc(C(N)=O)ccn2)cc1. The number of rotatable bonds is 5. The highest BCUT2D eigenvalue weighted by molar-refractivity contribution is 5.92. The molecule has 0 unspecified atom stereocenters. The summed E-state index contributed by atoms with van der Waals surface area (Å²) in [5, 5.41) is 3.07. The highest BCUT2D eigenvalue weighted by Gasteiger charge is 2.04. The lowest BCUT2D eigenvalue weighted by Gasteiger charge is -2.06. The number of benzene rings is 1.